The number of nitro benzene ring substituents is 1. The Labute approximate surface area is 137 Å². The molecule has 0 atom stereocenters. The van der Waals surface area contributed by atoms with E-state index in [0.29, 0.717) is 22.3 Å². The van der Waals surface area contributed by atoms with E-state index >= 15 is 0 Å². The minimum absolute atomic E-state index is 0.0232. The van der Waals surface area contributed by atoms with Crippen LogP contribution in [0.25, 0.3) is 10.8 Å². The monoisotopic (exact) mass is 344 g/mol. The van der Waals surface area contributed by atoms with Crippen LogP contribution in [0.4, 0.5) is 17.2 Å². The molecule has 3 rings (SSSR count). The molecule has 0 fully saturated rings. The number of nitrogens with zero attached hydrogens (tertiary/aromatic N) is 2. The number of hydrogen-bond acceptors (Lipinski definition) is 6. The second-order valence-electron chi connectivity index (χ2n) is 4.99. The van der Waals surface area contributed by atoms with Crippen LogP contribution < -0.4 is 10.5 Å². The van der Waals surface area contributed by atoms with Crippen LogP contribution in [0.1, 0.15) is 0 Å². The van der Waals surface area contributed by atoms with Gasteiger partial charge in [-0.1, -0.05) is 12.1 Å². The van der Waals surface area contributed by atoms with Crippen molar-refractivity contribution in [2.45, 2.75) is 4.90 Å². The molecule has 9 heteroatoms. The van der Waals surface area contributed by atoms with Crippen molar-refractivity contribution in [2.75, 3.05) is 5.32 Å². The number of nitrogens with one attached hydrogen (secondary N) is 1. The number of anilines is 2. The summed E-state index contributed by atoms with van der Waals surface area (Å²) in [6.07, 6.45) is 1.53. The second kappa shape index (κ2) is 5.87. The van der Waals surface area contributed by atoms with Crippen molar-refractivity contribution < 1.29 is 13.3 Å². The van der Waals surface area contributed by atoms with Crippen LogP contribution in [0.3, 0.4) is 0 Å². The second-order valence-corrected chi connectivity index (χ2v) is 6.55. The van der Waals surface area contributed by atoms with E-state index in [1.165, 1.54) is 36.5 Å². The van der Waals surface area contributed by atoms with Crippen LogP contribution in [0.2, 0.25) is 0 Å². The number of sulfonamides is 1. The van der Waals surface area contributed by atoms with E-state index in [9.17, 15) is 18.5 Å². The highest BCUT2D eigenvalue weighted by atomic mass is 32.2. The zero-order valence-electron chi connectivity index (χ0n) is 12.2. The highest BCUT2D eigenvalue weighted by molar-refractivity contribution is 7.89. The summed E-state index contributed by atoms with van der Waals surface area (Å²) in [4.78, 5) is 14.9. The molecule has 0 spiro atoms. The first-order valence-electron chi connectivity index (χ1n) is 6.78. The van der Waals surface area contributed by atoms with Crippen LogP contribution >= 0.6 is 0 Å². The average Bonchev–Trinajstić information content (AvgIpc) is 2.54. The molecule has 0 aliphatic rings. The van der Waals surface area contributed by atoms with E-state index in [4.69, 9.17) is 5.14 Å². The van der Waals surface area contributed by atoms with Gasteiger partial charge in [0, 0.05) is 18.0 Å². The van der Waals surface area contributed by atoms with Crippen molar-refractivity contribution in [3.63, 3.8) is 0 Å². The van der Waals surface area contributed by atoms with Gasteiger partial charge in [0.1, 0.15) is 11.2 Å². The summed E-state index contributed by atoms with van der Waals surface area (Å²) >= 11 is 0. The van der Waals surface area contributed by atoms with Crippen molar-refractivity contribution >= 4 is 38.0 Å². The number of aromatic nitrogens is 1. The number of pyridine rings is 1. The van der Waals surface area contributed by atoms with Gasteiger partial charge >= 0.3 is 0 Å². The highest BCUT2D eigenvalue weighted by Gasteiger charge is 2.16. The molecule has 0 aliphatic carbocycles. The molecular formula is C15H12N4O4S. The predicted octanol–water partition coefficient (Wildman–Crippen LogP) is 2.53. The quantitative estimate of drug-likeness (QED) is 0.553. The molecule has 0 saturated heterocycles. The third-order valence-corrected chi connectivity index (χ3v) is 4.34. The Morgan fingerprint density at radius 3 is 2.42 bits per heavy atom. The Hall–Kier alpha value is -3.04. The van der Waals surface area contributed by atoms with Gasteiger partial charge in [0.25, 0.3) is 5.69 Å². The topological polar surface area (TPSA) is 128 Å². The third-order valence-electron chi connectivity index (χ3n) is 3.41. The molecule has 0 unspecified atom stereocenters. The summed E-state index contributed by atoms with van der Waals surface area (Å²) in [6, 6.07) is 12.1. The summed E-state index contributed by atoms with van der Waals surface area (Å²) in [5.74, 6) is 0.308. The summed E-state index contributed by atoms with van der Waals surface area (Å²) in [7, 11) is -3.78. The molecule has 3 aromatic rings. The number of rotatable bonds is 4. The molecule has 2 aromatic carbocycles. The van der Waals surface area contributed by atoms with Crippen molar-refractivity contribution in [3.05, 3.63) is 64.8 Å². The van der Waals surface area contributed by atoms with E-state index in [1.807, 2.05) is 0 Å². The molecule has 0 amide bonds. The van der Waals surface area contributed by atoms with Crippen LogP contribution in [0.5, 0.6) is 0 Å². The summed E-state index contributed by atoms with van der Waals surface area (Å²) in [5.41, 5.74) is 0.463. The fourth-order valence-corrected chi connectivity index (χ4v) is 2.84. The highest BCUT2D eigenvalue weighted by Crippen LogP contribution is 2.32. The fraction of sp³-hybridized carbons (Fsp3) is 0. The molecule has 0 aliphatic heterocycles. The Balaban J connectivity index is 2.06. The molecule has 3 N–H and O–H groups in total. The molecule has 24 heavy (non-hydrogen) atoms. The molecule has 122 valence electrons. The minimum atomic E-state index is -3.78. The van der Waals surface area contributed by atoms with Gasteiger partial charge < -0.3 is 5.32 Å². The zero-order chi connectivity index (χ0) is 17.3. The van der Waals surface area contributed by atoms with Gasteiger partial charge in [-0.25, -0.2) is 18.5 Å². The number of primary sulfonamides is 1. The lowest BCUT2D eigenvalue weighted by Crippen LogP contribution is -2.11. The molecule has 8 nitrogen and oxygen atoms in total. The molecular weight excluding hydrogens is 332 g/mol. The van der Waals surface area contributed by atoms with Gasteiger partial charge in [-0.3, -0.25) is 10.1 Å². The standard InChI is InChI=1S/C15H12N4O4S/c16-24(22,23)12-6-4-11(5-7-12)18-15-14-10(8-9-17-15)2-1-3-13(14)19(20)21/h1-9H,(H,17,18)(H2,16,22,23). The first-order chi connectivity index (χ1) is 11.4. The summed E-state index contributed by atoms with van der Waals surface area (Å²) in [5, 5.41) is 20.3. The Morgan fingerprint density at radius 2 is 1.79 bits per heavy atom. The van der Waals surface area contributed by atoms with Crippen LogP contribution in [-0.4, -0.2) is 18.3 Å². The van der Waals surface area contributed by atoms with Gasteiger partial charge in [-0.2, -0.15) is 0 Å². The summed E-state index contributed by atoms with van der Waals surface area (Å²) in [6.45, 7) is 0. The van der Waals surface area contributed by atoms with Gasteiger partial charge in [0.15, 0.2) is 0 Å². The average molecular weight is 344 g/mol. The first-order valence-corrected chi connectivity index (χ1v) is 8.33. The molecule has 0 bridgehead atoms. The number of fused-ring (bicyclic) bond motifs is 1. The molecule has 1 heterocycles. The van der Waals surface area contributed by atoms with Crippen LogP contribution in [0.15, 0.2) is 59.6 Å². The van der Waals surface area contributed by atoms with Gasteiger partial charge in [0.2, 0.25) is 10.0 Å². The van der Waals surface area contributed by atoms with Gasteiger partial charge in [0.05, 0.1) is 9.82 Å². The van der Waals surface area contributed by atoms with E-state index < -0.39 is 14.9 Å². The number of nitrogens with two attached hydrogens (primary N) is 1. The maximum atomic E-state index is 11.3. The van der Waals surface area contributed by atoms with E-state index in [1.54, 1.807) is 18.2 Å². The summed E-state index contributed by atoms with van der Waals surface area (Å²) < 4.78 is 22.5. The lowest BCUT2D eigenvalue weighted by atomic mass is 10.1. The van der Waals surface area contributed by atoms with Crippen LogP contribution in [-0.2, 0) is 10.0 Å². The largest absolute Gasteiger partial charge is 0.340 e. The maximum absolute atomic E-state index is 11.3. The first kappa shape index (κ1) is 15.8. The normalized spacial score (nSPS) is 11.4. The fourth-order valence-electron chi connectivity index (χ4n) is 2.32. The van der Waals surface area contributed by atoms with Crippen molar-refractivity contribution in [3.8, 4) is 0 Å². The Bertz CT molecular complexity index is 1030. The predicted molar refractivity (Wildman–Crippen MR) is 89.5 cm³/mol. The smallest absolute Gasteiger partial charge is 0.280 e. The molecule has 0 radical (unpaired) electrons. The lowest BCUT2D eigenvalue weighted by Gasteiger charge is -2.09. The van der Waals surface area contributed by atoms with E-state index in [0.717, 1.165) is 0 Å². The molecule has 1 aromatic heterocycles. The van der Waals surface area contributed by atoms with E-state index in [-0.39, 0.29) is 10.6 Å². The Morgan fingerprint density at radius 1 is 1.08 bits per heavy atom. The minimum Gasteiger partial charge on any atom is -0.340 e. The number of benzene rings is 2. The van der Waals surface area contributed by atoms with Crippen molar-refractivity contribution in [1.29, 1.82) is 0 Å². The third kappa shape index (κ3) is 3.03. The zero-order valence-corrected chi connectivity index (χ0v) is 13.0. The SMILES string of the molecule is NS(=O)(=O)c1ccc(Nc2nccc3cccc([N+](=O)[O-])c23)cc1. The number of hydrogen-bond donors (Lipinski definition) is 2. The van der Waals surface area contributed by atoms with Crippen molar-refractivity contribution in [1.82, 2.24) is 4.98 Å². The maximum Gasteiger partial charge on any atom is 0.280 e. The number of non-ortho nitro benzene ring substituents is 1. The number of nitro groups is 1. The van der Waals surface area contributed by atoms with E-state index in [2.05, 4.69) is 10.3 Å². The Kier molecular flexibility index (Phi) is 3.87. The van der Waals surface area contributed by atoms with Crippen LogP contribution in [0, 0.1) is 10.1 Å². The molecule has 0 saturated carbocycles. The van der Waals surface area contributed by atoms with Crippen molar-refractivity contribution in [2.24, 2.45) is 5.14 Å². The lowest BCUT2D eigenvalue weighted by molar-refractivity contribution is -0.383. The van der Waals surface area contributed by atoms with Gasteiger partial charge in [-0.15, -0.1) is 0 Å². The van der Waals surface area contributed by atoms with Gasteiger partial charge in [-0.05, 0) is 35.7 Å².